The summed E-state index contributed by atoms with van der Waals surface area (Å²) in [4.78, 5) is 8.25. The van der Waals surface area contributed by atoms with Crippen molar-refractivity contribution in [1.29, 1.82) is 0 Å². The van der Waals surface area contributed by atoms with Crippen LogP contribution in [0.2, 0.25) is 0 Å². The fourth-order valence-electron chi connectivity index (χ4n) is 0. The molecule has 0 aromatic heterocycles. The van der Waals surface area contributed by atoms with Crippen molar-refractivity contribution in [2.24, 2.45) is 0 Å². The quantitative estimate of drug-likeness (QED) is 0.228. The minimum Gasteiger partial charge on any atom is -0.412 e. The first kappa shape index (κ1) is 283. The average molecular weight is 247 g/mol. The van der Waals surface area contributed by atoms with Gasteiger partial charge in [-0.2, -0.15) is 0 Å². The molecule has 0 spiro atoms. The summed E-state index contributed by atoms with van der Waals surface area (Å²) in [5, 5.41) is 14.8. The largest absolute Gasteiger partial charge is 1.00 e. The van der Waals surface area contributed by atoms with Crippen molar-refractivity contribution >= 4 is 0 Å². The predicted octanol–water partition coefficient (Wildman–Crippen LogP) is -10.7. The molecule has 0 aliphatic rings. The Morgan fingerprint density at radius 1 is 0.571 bits per heavy atom. The van der Waals surface area contributed by atoms with E-state index in [1.165, 1.54) is 0 Å². The molecule has 0 rings (SSSR count). The van der Waals surface area contributed by atoms with E-state index < -0.39 is 5.09 Å². The zero-order chi connectivity index (χ0) is 3.58. The van der Waals surface area contributed by atoms with Crippen LogP contribution in [0.3, 0.4) is 0 Å². The second-order valence-corrected chi connectivity index (χ2v) is 0.224. The molecular formula is H18NNaO12. The predicted molar refractivity (Wildman–Crippen MR) is 42.9 cm³/mol. The van der Waals surface area contributed by atoms with Gasteiger partial charge >= 0.3 is 29.6 Å². The summed E-state index contributed by atoms with van der Waals surface area (Å²) < 4.78 is 0. The van der Waals surface area contributed by atoms with Crippen LogP contribution in [-0.2, 0) is 0 Å². The fraction of sp³-hybridized carbons (Fsp3) is 0. The summed E-state index contributed by atoms with van der Waals surface area (Å²) >= 11 is 0. The minimum atomic E-state index is -1.75. The number of rotatable bonds is 0. The molecule has 96 valence electrons. The van der Waals surface area contributed by atoms with Gasteiger partial charge in [-0.1, -0.05) is 0 Å². The summed E-state index contributed by atoms with van der Waals surface area (Å²) in [5.74, 6) is 0. The Labute approximate surface area is 99.5 Å². The first-order valence-electron chi connectivity index (χ1n) is 0.548. The third-order valence-corrected chi connectivity index (χ3v) is 0. The van der Waals surface area contributed by atoms with Crippen LogP contribution in [0, 0.1) is 15.3 Å². The van der Waals surface area contributed by atoms with Gasteiger partial charge in [-0.15, -0.1) is 0 Å². The molecule has 13 nitrogen and oxygen atoms in total. The Morgan fingerprint density at radius 3 is 0.571 bits per heavy atom. The van der Waals surface area contributed by atoms with Crippen LogP contribution < -0.4 is 29.6 Å². The molecule has 0 saturated heterocycles. The summed E-state index contributed by atoms with van der Waals surface area (Å²) in [6.07, 6.45) is 0. The van der Waals surface area contributed by atoms with Gasteiger partial charge in [0.1, 0.15) is 0 Å². The number of hydrogen-bond acceptors (Lipinski definition) is 3. The Hall–Kier alpha value is -0.160. The van der Waals surface area contributed by atoms with Crippen molar-refractivity contribution in [2.45, 2.75) is 0 Å². The Kier molecular flexibility index (Phi) is 4510. The van der Waals surface area contributed by atoms with Gasteiger partial charge in [0.15, 0.2) is 0 Å². The van der Waals surface area contributed by atoms with Gasteiger partial charge in [0, 0.05) is 0 Å². The first-order chi connectivity index (χ1) is 1.73. The summed E-state index contributed by atoms with van der Waals surface area (Å²) in [5.41, 5.74) is 0. The SMILES string of the molecule is O.O.O.O.O.O.O.O.O.O=[N+]([O-])[O-].[Na+]. The molecule has 14 heteroatoms. The smallest absolute Gasteiger partial charge is 0.412 e. The molecule has 0 aromatic carbocycles. The maximum Gasteiger partial charge on any atom is 1.00 e. The molecule has 0 saturated carbocycles. The zero-order valence-electron chi connectivity index (χ0n) is 7.17. The van der Waals surface area contributed by atoms with Gasteiger partial charge in [-0.05, 0) is 0 Å². The topological polar surface area (TPSA) is 350 Å². The number of nitrogens with zero attached hydrogens (tertiary/aromatic N) is 1. The molecule has 0 heterocycles. The monoisotopic (exact) mass is 247 g/mol. The van der Waals surface area contributed by atoms with E-state index in [4.69, 9.17) is 15.3 Å². The summed E-state index contributed by atoms with van der Waals surface area (Å²) in [7, 11) is 0. The van der Waals surface area contributed by atoms with E-state index >= 15 is 0 Å². The first-order valence-corrected chi connectivity index (χ1v) is 0.548. The van der Waals surface area contributed by atoms with Gasteiger partial charge in [0.25, 0.3) is 0 Å². The van der Waals surface area contributed by atoms with E-state index in [-0.39, 0.29) is 78.8 Å². The number of hydrogen-bond donors (Lipinski definition) is 0. The normalized spacial score (nSPS) is 1.71. The molecule has 0 atom stereocenters. The molecule has 0 bridgehead atoms. The maximum atomic E-state index is 8.25. The Bertz CT molecular complexity index is 33.3. The molecule has 0 amide bonds. The maximum absolute atomic E-state index is 8.25. The van der Waals surface area contributed by atoms with Crippen molar-refractivity contribution < 1.29 is 83.9 Å². The van der Waals surface area contributed by atoms with Gasteiger partial charge < -0.3 is 64.6 Å². The van der Waals surface area contributed by atoms with Crippen LogP contribution in [-0.4, -0.2) is 54.4 Å². The molecule has 14 heavy (non-hydrogen) atoms. The van der Waals surface area contributed by atoms with E-state index in [1.807, 2.05) is 0 Å². The van der Waals surface area contributed by atoms with Gasteiger partial charge in [-0.25, -0.2) is 0 Å². The van der Waals surface area contributed by atoms with E-state index in [1.54, 1.807) is 0 Å². The van der Waals surface area contributed by atoms with E-state index in [9.17, 15) is 0 Å². The van der Waals surface area contributed by atoms with Gasteiger partial charge in [-0.3, -0.25) is 0 Å². The fourth-order valence-corrected chi connectivity index (χ4v) is 0. The van der Waals surface area contributed by atoms with Crippen molar-refractivity contribution in [3.63, 3.8) is 0 Å². The third kappa shape index (κ3) is 54300. The van der Waals surface area contributed by atoms with Crippen molar-refractivity contribution in [3.8, 4) is 0 Å². The average Bonchev–Trinajstić information content (AvgIpc) is 0.811. The van der Waals surface area contributed by atoms with Crippen LogP contribution in [0.4, 0.5) is 0 Å². The molecule has 18 N–H and O–H groups in total. The zero-order valence-corrected chi connectivity index (χ0v) is 9.17. The van der Waals surface area contributed by atoms with Crippen molar-refractivity contribution in [2.75, 3.05) is 0 Å². The van der Waals surface area contributed by atoms with E-state index in [2.05, 4.69) is 0 Å². The minimum absolute atomic E-state index is 0. The molecular weight excluding hydrogens is 229 g/mol. The molecule has 0 fully saturated rings. The van der Waals surface area contributed by atoms with Crippen LogP contribution in [0.15, 0.2) is 0 Å². The van der Waals surface area contributed by atoms with Gasteiger partial charge in [0.05, 0.1) is 5.09 Å². The Balaban J connectivity index is -0.000000001000. The molecule has 0 aromatic rings. The van der Waals surface area contributed by atoms with E-state index in [0.717, 1.165) is 0 Å². The van der Waals surface area contributed by atoms with Crippen LogP contribution in [0.5, 0.6) is 0 Å². The standard InChI is InChI=1S/NO3.Na.9H2O/c2-1(3)4;;;;;;;;;;/h;;9*1H2/q-1;+1;;;;;;;;;. The summed E-state index contributed by atoms with van der Waals surface area (Å²) in [6.45, 7) is 0. The van der Waals surface area contributed by atoms with Gasteiger partial charge in [0.2, 0.25) is 0 Å². The van der Waals surface area contributed by atoms with Crippen molar-refractivity contribution in [1.82, 2.24) is 0 Å². The second kappa shape index (κ2) is 223. The van der Waals surface area contributed by atoms with E-state index in [0.29, 0.717) is 0 Å². The van der Waals surface area contributed by atoms with Crippen molar-refractivity contribution in [3.05, 3.63) is 15.3 Å². The summed E-state index contributed by atoms with van der Waals surface area (Å²) in [6, 6.07) is 0. The van der Waals surface area contributed by atoms with Crippen LogP contribution in [0.25, 0.3) is 0 Å². The Morgan fingerprint density at radius 2 is 0.571 bits per heavy atom. The van der Waals surface area contributed by atoms with Crippen LogP contribution >= 0.6 is 0 Å². The van der Waals surface area contributed by atoms with Crippen LogP contribution in [0.1, 0.15) is 0 Å². The molecule has 0 aliphatic carbocycles. The molecule has 0 radical (unpaired) electrons. The third-order valence-electron chi connectivity index (χ3n) is 0. The second-order valence-electron chi connectivity index (χ2n) is 0.224. The molecule has 0 unspecified atom stereocenters. The molecule has 0 aliphatic heterocycles.